The Kier molecular flexibility index (Phi) is 3.77. The standard InChI is InChI=1S/C17H16O4/c1-19-16-8-4-6-13(10-18)17(16)20-11-14-9-12-5-2-3-7-15(12)21-14/h2-8,10,14H,9,11H2,1H3. The zero-order valence-electron chi connectivity index (χ0n) is 11.7. The summed E-state index contributed by atoms with van der Waals surface area (Å²) < 4.78 is 16.8. The Labute approximate surface area is 123 Å². The summed E-state index contributed by atoms with van der Waals surface area (Å²) in [6.45, 7) is 0.371. The molecule has 0 N–H and O–H groups in total. The molecular weight excluding hydrogens is 268 g/mol. The highest BCUT2D eigenvalue weighted by Crippen LogP contribution is 2.32. The normalized spacial score (nSPS) is 16.0. The van der Waals surface area contributed by atoms with Crippen LogP contribution in [0.2, 0.25) is 0 Å². The SMILES string of the molecule is COc1cccc(C=O)c1OCC1Cc2ccccc2O1. The van der Waals surface area contributed by atoms with Crippen LogP contribution < -0.4 is 14.2 Å². The number of rotatable bonds is 5. The second-order valence-corrected chi connectivity index (χ2v) is 4.86. The second-order valence-electron chi connectivity index (χ2n) is 4.86. The molecular formula is C17H16O4. The minimum Gasteiger partial charge on any atom is -0.493 e. The van der Waals surface area contributed by atoms with Crippen molar-refractivity contribution >= 4 is 6.29 Å². The van der Waals surface area contributed by atoms with Gasteiger partial charge in [-0.15, -0.1) is 0 Å². The van der Waals surface area contributed by atoms with Gasteiger partial charge in [0.25, 0.3) is 0 Å². The predicted octanol–water partition coefficient (Wildman–Crippen LogP) is 2.89. The van der Waals surface area contributed by atoms with Crippen molar-refractivity contribution in [2.45, 2.75) is 12.5 Å². The first-order valence-corrected chi connectivity index (χ1v) is 6.81. The van der Waals surface area contributed by atoms with Crippen molar-refractivity contribution in [2.24, 2.45) is 0 Å². The predicted molar refractivity (Wildman–Crippen MR) is 78.4 cm³/mol. The van der Waals surface area contributed by atoms with Crippen molar-refractivity contribution in [1.29, 1.82) is 0 Å². The number of benzene rings is 2. The Balaban J connectivity index is 1.71. The number of hydrogen-bond acceptors (Lipinski definition) is 4. The van der Waals surface area contributed by atoms with E-state index in [9.17, 15) is 4.79 Å². The summed E-state index contributed by atoms with van der Waals surface area (Å²) in [5, 5.41) is 0. The summed E-state index contributed by atoms with van der Waals surface area (Å²) in [5.41, 5.74) is 1.66. The second kappa shape index (κ2) is 5.87. The molecule has 1 aliphatic rings. The molecule has 0 saturated carbocycles. The summed E-state index contributed by atoms with van der Waals surface area (Å²) >= 11 is 0. The summed E-state index contributed by atoms with van der Waals surface area (Å²) in [5.74, 6) is 1.92. The van der Waals surface area contributed by atoms with Gasteiger partial charge in [0.15, 0.2) is 17.8 Å². The van der Waals surface area contributed by atoms with Crippen LogP contribution in [0.15, 0.2) is 42.5 Å². The van der Waals surface area contributed by atoms with Gasteiger partial charge in [-0.3, -0.25) is 4.79 Å². The lowest BCUT2D eigenvalue weighted by Gasteiger charge is -2.15. The van der Waals surface area contributed by atoms with E-state index in [0.29, 0.717) is 23.7 Å². The van der Waals surface area contributed by atoms with Crippen LogP contribution in [0.3, 0.4) is 0 Å². The molecule has 0 aliphatic carbocycles. The largest absolute Gasteiger partial charge is 0.493 e. The molecule has 0 amide bonds. The van der Waals surface area contributed by atoms with Gasteiger partial charge in [0, 0.05) is 6.42 Å². The van der Waals surface area contributed by atoms with Crippen molar-refractivity contribution in [1.82, 2.24) is 0 Å². The zero-order valence-corrected chi connectivity index (χ0v) is 11.7. The van der Waals surface area contributed by atoms with E-state index in [1.807, 2.05) is 18.2 Å². The molecule has 0 aromatic heterocycles. The van der Waals surface area contributed by atoms with Gasteiger partial charge in [0.1, 0.15) is 18.5 Å². The molecule has 0 saturated heterocycles. The Morgan fingerprint density at radius 3 is 2.86 bits per heavy atom. The highest BCUT2D eigenvalue weighted by Gasteiger charge is 2.23. The molecule has 21 heavy (non-hydrogen) atoms. The smallest absolute Gasteiger partial charge is 0.171 e. The Morgan fingerprint density at radius 1 is 1.24 bits per heavy atom. The van der Waals surface area contributed by atoms with E-state index >= 15 is 0 Å². The quantitative estimate of drug-likeness (QED) is 0.792. The molecule has 2 aromatic rings. The minimum absolute atomic E-state index is 0.0492. The van der Waals surface area contributed by atoms with Crippen LogP contribution >= 0.6 is 0 Å². The fourth-order valence-electron chi connectivity index (χ4n) is 2.46. The summed E-state index contributed by atoms with van der Waals surface area (Å²) in [7, 11) is 1.55. The van der Waals surface area contributed by atoms with Gasteiger partial charge in [-0.25, -0.2) is 0 Å². The van der Waals surface area contributed by atoms with E-state index in [4.69, 9.17) is 14.2 Å². The van der Waals surface area contributed by atoms with Crippen molar-refractivity contribution in [2.75, 3.05) is 13.7 Å². The number of para-hydroxylation sites is 2. The molecule has 1 atom stereocenters. The van der Waals surface area contributed by atoms with Crippen LogP contribution in [-0.4, -0.2) is 26.1 Å². The lowest BCUT2D eigenvalue weighted by molar-refractivity contribution is 0.111. The van der Waals surface area contributed by atoms with Crippen LogP contribution in [0.1, 0.15) is 15.9 Å². The average Bonchev–Trinajstić information content (AvgIpc) is 2.95. The van der Waals surface area contributed by atoms with E-state index in [-0.39, 0.29) is 6.10 Å². The third kappa shape index (κ3) is 2.70. The molecule has 0 fully saturated rings. The van der Waals surface area contributed by atoms with Gasteiger partial charge in [0.2, 0.25) is 0 Å². The van der Waals surface area contributed by atoms with E-state index in [1.165, 1.54) is 5.56 Å². The third-order valence-corrected chi connectivity index (χ3v) is 3.48. The first-order valence-electron chi connectivity index (χ1n) is 6.81. The van der Waals surface area contributed by atoms with Crippen LogP contribution in [0.4, 0.5) is 0 Å². The Bertz CT molecular complexity index is 626. The Hall–Kier alpha value is -2.49. The number of aldehydes is 1. The lowest BCUT2D eigenvalue weighted by Crippen LogP contribution is -2.22. The fraction of sp³-hybridized carbons (Fsp3) is 0.235. The number of ether oxygens (including phenoxy) is 3. The highest BCUT2D eigenvalue weighted by molar-refractivity contribution is 5.81. The molecule has 1 heterocycles. The van der Waals surface area contributed by atoms with Crippen molar-refractivity contribution in [3.8, 4) is 17.2 Å². The molecule has 1 unspecified atom stereocenters. The van der Waals surface area contributed by atoms with Gasteiger partial charge >= 0.3 is 0 Å². The first-order chi connectivity index (χ1) is 10.3. The zero-order chi connectivity index (χ0) is 14.7. The molecule has 4 heteroatoms. The lowest BCUT2D eigenvalue weighted by atomic mass is 10.1. The van der Waals surface area contributed by atoms with Gasteiger partial charge in [-0.2, -0.15) is 0 Å². The molecule has 1 aliphatic heterocycles. The van der Waals surface area contributed by atoms with Crippen LogP contribution in [-0.2, 0) is 6.42 Å². The Morgan fingerprint density at radius 2 is 2.10 bits per heavy atom. The van der Waals surface area contributed by atoms with Crippen LogP contribution in [0.25, 0.3) is 0 Å². The van der Waals surface area contributed by atoms with E-state index in [1.54, 1.807) is 25.3 Å². The molecule has 4 nitrogen and oxygen atoms in total. The minimum atomic E-state index is -0.0492. The molecule has 0 radical (unpaired) electrons. The van der Waals surface area contributed by atoms with Gasteiger partial charge < -0.3 is 14.2 Å². The number of fused-ring (bicyclic) bond motifs is 1. The van der Waals surface area contributed by atoms with Crippen LogP contribution in [0.5, 0.6) is 17.2 Å². The first kappa shape index (κ1) is 13.5. The summed E-state index contributed by atoms with van der Waals surface area (Å²) in [6, 6.07) is 13.2. The number of methoxy groups -OCH3 is 1. The maximum Gasteiger partial charge on any atom is 0.171 e. The van der Waals surface area contributed by atoms with Crippen molar-refractivity contribution < 1.29 is 19.0 Å². The van der Waals surface area contributed by atoms with Gasteiger partial charge in [-0.05, 0) is 23.8 Å². The number of carbonyl (C=O) groups is 1. The fourth-order valence-corrected chi connectivity index (χ4v) is 2.46. The van der Waals surface area contributed by atoms with Crippen LogP contribution in [0, 0.1) is 0 Å². The molecule has 108 valence electrons. The summed E-state index contributed by atoms with van der Waals surface area (Å²) in [6.07, 6.45) is 1.52. The number of hydrogen-bond donors (Lipinski definition) is 0. The maximum atomic E-state index is 11.1. The highest BCUT2D eigenvalue weighted by atomic mass is 16.5. The number of carbonyl (C=O) groups excluding carboxylic acids is 1. The van der Waals surface area contributed by atoms with Crippen molar-refractivity contribution in [3.05, 3.63) is 53.6 Å². The van der Waals surface area contributed by atoms with Gasteiger partial charge in [-0.1, -0.05) is 24.3 Å². The topological polar surface area (TPSA) is 44.8 Å². The maximum absolute atomic E-state index is 11.1. The summed E-state index contributed by atoms with van der Waals surface area (Å²) in [4.78, 5) is 11.1. The molecule has 2 aromatic carbocycles. The molecule has 0 spiro atoms. The molecule has 3 rings (SSSR count). The van der Waals surface area contributed by atoms with Crippen molar-refractivity contribution in [3.63, 3.8) is 0 Å². The molecule has 0 bridgehead atoms. The third-order valence-electron chi connectivity index (χ3n) is 3.48. The van der Waals surface area contributed by atoms with Gasteiger partial charge in [0.05, 0.1) is 12.7 Å². The van der Waals surface area contributed by atoms with E-state index < -0.39 is 0 Å². The monoisotopic (exact) mass is 284 g/mol. The average molecular weight is 284 g/mol. The van der Waals surface area contributed by atoms with E-state index in [0.717, 1.165) is 18.5 Å². The van der Waals surface area contributed by atoms with E-state index in [2.05, 4.69) is 6.07 Å².